The molecule has 0 N–H and O–H groups in total. The van der Waals surface area contributed by atoms with Gasteiger partial charge in [-0.05, 0) is 20.8 Å². The zero-order chi connectivity index (χ0) is 15.7. The highest BCUT2D eigenvalue weighted by atomic mass is 16.6. The Hall–Kier alpha value is -1.59. The monoisotopic (exact) mass is 285 g/mol. The van der Waals surface area contributed by atoms with Crippen molar-refractivity contribution in [2.45, 2.75) is 40.2 Å². The minimum Gasteiger partial charge on any atom is -0.468 e. The van der Waals surface area contributed by atoms with Crippen molar-refractivity contribution in [2.24, 2.45) is 11.3 Å². The van der Waals surface area contributed by atoms with Crippen LogP contribution in [-0.4, -0.2) is 48.5 Å². The maximum Gasteiger partial charge on any atom is 0.410 e. The first-order valence-electron chi connectivity index (χ1n) is 6.58. The standard InChI is InChI=1S/C14H23NO5/c1-13(2,3)20-12(18)15-7-9(11(17)19-6)10(16)14(4,5)8-15/h9H,7-8H2,1-6H3/t9-/m1/s1. The van der Waals surface area contributed by atoms with E-state index >= 15 is 0 Å². The number of amides is 1. The van der Waals surface area contributed by atoms with Crippen LogP contribution in [0, 0.1) is 11.3 Å². The molecule has 1 heterocycles. The first kappa shape index (κ1) is 16.5. The average molecular weight is 285 g/mol. The first-order valence-corrected chi connectivity index (χ1v) is 6.58. The molecule has 1 atom stereocenters. The highest BCUT2D eigenvalue weighted by Gasteiger charge is 2.46. The van der Waals surface area contributed by atoms with Gasteiger partial charge in [0.15, 0.2) is 5.78 Å². The number of nitrogens with zero attached hydrogens (tertiary/aromatic N) is 1. The number of carbonyl (C=O) groups excluding carboxylic acids is 3. The summed E-state index contributed by atoms with van der Waals surface area (Å²) >= 11 is 0. The van der Waals surface area contributed by atoms with E-state index in [1.807, 2.05) is 0 Å². The molecule has 6 nitrogen and oxygen atoms in total. The Morgan fingerprint density at radius 3 is 2.30 bits per heavy atom. The van der Waals surface area contributed by atoms with Crippen LogP contribution in [-0.2, 0) is 19.1 Å². The van der Waals surface area contributed by atoms with Crippen molar-refractivity contribution in [1.82, 2.24) is 4.90 Å². The van der Waals surface area contributed by atoms with Gasteiger partial charge < -0.3 is 14.4 Å². The van der Waals surface area contributed by atoms with Crippen LogP contribution in [0.25, 0.3) is 0 Å². The zero-order valence-corrected chi connectivity index (χ0v) is 13.0. The number of hydrogen-bond donors (Lipinski definition) is 0. The van der Waals surface area contributed by atoms with Crippen LogP contribution in [0.15, 0.2) is 0 Å². The summed E-state index contributed by atoms with van der Waals surface area (Å²) in [6.07, 6.45) is -0.521. The van der Waals surface area contributed by atoms with Gasteiger partial charge in [0.1, 0.15) is 11.5 Å². The Labute approximate surface area is 119 Å². The van der Waals surface area contributed by atoms with E-state index in [9.17, 15) is 14.4 Å². The summed E-state index contributed by atoms with van der Waals surface area (Å²) in [5, 5.41) is 0. The number of likely N-dealkylation sites (tertiary alicyclic amines) is 1. The van der Waals surface area contributed by atoms with Gasteiger partial charge in [0.25, 0.3) is 0 Å². The fraction of sp³-hybridized carbons (Fsp3) is 0.786. The molecule has 0 bridgehead atoms. The molecule has 1 rings (SSSR count). The molecule has 0 aliphatic carbocycles. The topological polar surface area (TPSA) is 72.9 Å². The average Bonchev–Trinajstić information content (AvgIpc) is 2.29. The minimum absolute atomic E-state index is 0.00382. The fourth-order valence-corrected chi connectivity index (χ4v) is 2.18. The van der Waals surface area contributed by atoms with Crippen molar-refractivity contribution in [3.8, 4) is 0 Å². The number of Topliss-reactive ketones (excluding diaryl/α,β-unsaturated/α-hetero) is 1. The second kappa shape index (κ2) is 5.42. The minimum atomic E-state index is -0.948. The Morgan fingerprint density at radius 2 is 1.85 bits per heavy atom. The van der Waals surface area contributed by atoms with Crippen LogP contribution < -0.4 is 0 Å². The Kier molecular flexibility index (Phi) is 4.46. The maximum atomic E-state index is 12.2. The van der Waals surface area contributed by atoms with Crippen molar-refractivity contribution in [3.05, 3.63) is 0 Å². The van der Waals surface area contributed by atoms with E-state index in [-0.39, 0.29) is 18.9 Å². The Bertz CT molecular complexity index is 422. The number of piperidine rings is 1. The van der Waals surface area contributed by atoms with E-state index < -0.39 is 29.0 Å². The van der Waals surface area contributed by atoms with Crippen LogP contribution in [0.2, 0.25) is 0 Å². The third kappa shape index (κ3) is 3.71. The number of hydrogen-bond acceptors (Lipinski definition) is 5. The summed E-state index contributed by atoms with van der Waals surface area (Å²) in [6.45, 7) is 8.95. The van der Waals surface area contributed by atoms with Crippen LogP contribution in [0.1, 0.15) is 34.6 Å². The number of carbonyl (C=O) groups is 3. The molecule has 6 heteroatoms. The summed E-state index contributed by atoms with van der Waals surface area (Å²) in [6, 6.07) is 0. The highest BCUT2D eigenvalue weighted by Crippen LogP contribution is 2.30. The molecule has 1 aliphatic heterocycles. The summed E-state index contributed by atoms with van der Waals surface area (Å²) < 4.78 is 9.93. The molecule has 20 heavy (non-hydrogen) atoms. The predicted octanol–water partition coefficient (Wildman–Crippen LogP) is 1.62. The fourth-order valence-electron chi connectivity index (χ4n) is 2.18. The number of esters is 1. The largest absolute Gasteiger partial charge is 0.468 e. The molecule has 0 unspecified atom stereocenters. The molecule has 1 fully saturated rings. The third-order valence-corrected chi connectivity index (χ3v) is 3.11. The van der Waals surface area contributed by atoms with Crippen molar-refractivity contribution in [3.63, 3.8) is 0 Å². The van der Waals surface area contributed by atoms with Crippen molar-refractivity contribution in [2.75, 3.05) is 20.2 Å². The molecule has 0 aromatic heterocycles. The molecular weight excluding hydrogens is 262 g/mol. The van der Waals surface area contributed by atoms with Gasteiger partial charge in [-0.2, -0.15) is 0 Å². The van der Waals surface area contributed by atoms with Crippen LogP contribution >= 0.6 is 0 Å². The van der Waals surface area contributed by atoms with E-state index in [2.05, 4.69) is 4.74 Å². The lowest BCUT2D eigenvalue weighted by molar-refractivity contribution is -0.156. The van der Waals surface area contributed by atoms with Crippen molar-refractivity contribution < 1.29 is 23.9 Å². The van der Waals surface area contributed by atoms with Crippen LogP contribution in [0.4, 0.5) is 4.79 Å². The molecule has 0 aromatic carbocycles. The number of methoxy groups -OCH3 is 1. The number of ether oxygens (including phenoxy) is 2. The van der Waals surface area contributed by atoms with Crippen molar-refractivity contribution >= 4 is 17.8 Å². The summed E-state index contributed by atoms with van der Waals surface area (Å²) in [5.41, 5.74) is -1.42. The summed E-state index contributed by atoms with van der Waals surface area (Å²) in [7, 11) is 1.23. The van der Waals surface area contributed by atoms with Gasteiger partial charge in [-0.3, -0.25) is 9.59 Å². The third-order valence-electron chi connectivity index (χ3n) is 3.11. The highest BCUT2D eigenvalue weighted by molar-refractivity contribution is 6.03. The van der Waals surface area contributed by atoms with Gasteiger partial charge >= 0.3 is 12.1 Å². The molecule has 0 aromatic rings. The molecule has 0 saturated carbocycles. The van der Waals surface area contributed by atoms with E-state index in [4.69, 9.17) is 4.74 Å². The van der Waals surface area contributed by atoms with Gasteiger partial charge in [0.05, 0.1) is 7.11 Å². The lowest BCUT2D eigenvalue weighted by atomic mass is 9.77. The van der Waals surface area contributed by atoms with Crippen molar-refractivity contribution in [1.29, 1.82) is 0 Å². The van der Waals surface area contributed by atoms with Crippen LogP contribution in [0.5, 0.6) is 0 Å². The van der Waals surface area contributed by atoms with E-state index in [1.165, 1.54) is 12.0 Å². The maximum absolute atomic E-state index is 12.2. The van der Waals surface area contributed by atoms with E-state index in [0.717, 1.165) is 0 Å². The smallest absolute Gasteiger partial charge is 0.410 e. The van der Waals surface area contributed by atoms with E-state index in [0.29, 0.717) is 0 Å². The first-order chi connectivity index (χ1) is 8.98. The van der Waals surface area contributed by atoms with Gasteiger partial charge in [0.2, 0.25) is 0 Å². The van der Waals surface area contributed by atoms with Gasteiger partial charge in [-0.15, -0.1) is 0 Å². The van der Waals surface area contributed by atoms with Gasteiger partial charge in [0, 0.05) is 18.5 Å². The SMILES string of the molecule is COC(=O)[C@@H]1CN(C(=O)OC(C)(C)C)CC(C)(C)C1=O. The molecule has 1 amide bonds. The number of rotatable bonds is 1. The quantitative estimate of drug-likeness (QED) is 0.540. The predicted molar refractivity (Wildman–Crippen MR) is 72.1 cm³/mol. The Balaban J connectivity index is 2.93. The molecular formula is C14H23NO5. The molecule has 1 saturated heterocycles. The van der Waals surface area contributed by atoms with Gasteiger partial charge in [-0.25, -0.2) is 4.79 Å². The molecule has 0 spiro atoms. The molecule has 1 aliphatic rings. The second-order valence-corrected chi connectivity index (χ2v) is 6.68. The molecule has 0 radical (unpaired) electrons. The Morgan fingerprint density at radius 1 is 1.30 bits per heavy atom. The molecule has 114 valence electrons. The van der Waals surface area contributed by atoms with E-state index in [1.54, 1.807) is 34.6 Å². The summed E-state index contributed by atoms with van der Waals surface area (Å²) in [5.74, 6) is -1.77. The lowest BCUT2D eigenvalue weighted by Gasteiger charge is -2.40. The van der Waals surface area contributed by atoms with Crippen LogP contribution in [0.3, 0.4) is 0 Å². The lowest BCUT2D eigenvalue weighted by Crippen LogP contribution is -2.56. The number of ketones is 1. The second-order valence-electron chi connectivity index (χ2n) is 6.68. The normalized spacial score (nSPS) is 22.4. The zero-order valence-electron chi connectivity index (χ0n) is 13.0. The van der Waals surface area contributed by atoms with Gasteiger partial charge in [-0.1, -0.05) is 13.8 Å². The summed E-state index contributed by atoms with van der Waals surface area (Å²) in [4.78, 5) is 37.4.